The Morgan fingerprint density at radius 2 is 1.75 bits per heavy atom. The van der Waals surface area contributed by atoms with E-state index in [0.29, 0.717) is 0 Å². The first-order chi connectivity index (χ1) is 3.91. The van der Waals surface area contributed by atoms with Gasteiger partial charge in [-0.1, -0.05) is 33.1 Å². The van der Waals surface area contributed by atoms with Gasteiger partial charge in [0.1, 0.15) is 0 Å². The predicted octanol–water partition coefficient (Wildman–Crippen LogP) is 2.74. The van der Waals surface area contributed by atoms with Crippen LogP contribution in [0, 0.1) is 0 Å². The summed E-state index contributed by atoms with van der Waals surface area (Å²) in [7, 11) is 0. The third-order valence-corrected chi connectivity index (χ3v) is 3.06. The van der Waals surface area contributed by atoms with Crippen LogP contribution in [0.1, 0.15) is 33.1 Å². The number of unbranched alkanes of at least 4 members (excludes halogenated alkanes) is 1. The summed E-state index contributed by atoms with van der Waals surface area (Å²) < 4.78 is 0. The molecule has 0 fully saturated rings. The van der Waals surface area contributed by atoms with E-state index < -0.39 is 0 Å². The van der Waals surface area contributed by atoms with E-state index in [9.17, 15) is 0 Å². The normalized spacial score (nSPS) is 9.25. The molecule has 0 bridgehead atoms. The number of rotatable bonds is 5. The van der Waals surface area contributed by atoms with Gasteiger partial charge in [-0.25, -0.2) is 0 Å². The van der Waals surface area contributed by atoms with Crippen LogP contribution in [0.15, 0.2) is 0 Å². The van der Waals surface area contributed by atoms with Crippen LogP contribution in [0.25, 0.3) is 0 Å². The highest BCUT2D eigenvalue weighted by Gasteiger charge is 1.87. The zero-order chi connectivity index (χ0) is 6.24. The smallest absolute Gasteiger partial charge is 0.104 e. The van der Waals surface area contributed by atoms with Gasteiger partial charge >= 0.3 is 0 Å². The standard InChI is InChI=1S/C4H9.C3H7.Al/c1-3-4-2;1-3-2;/h1,3-4H2,2H3;1,3H2,2H3;. The van der Waals surface area contributed by atoms with Gasteiger partial charge in [-0.3, -0.25) is 0 Å². The molecule has 0 unspecified atom stereocenters. The monoisotopic (exact) mass is 127 g/mol. The Bertz CT molecular complexity index is 29.4. The van der Waals surface area contributed by atoms with Gasteiger partial charge in [0, 0.05) is 0 Å². The molecule has 0 atom stereocenters. The molecular weight excluding hydrogens is 111 g/mol. The minimum absolute atomic E-state index is 0.820. The molecule has 0 aliphatic carbocycles. The molecule has 8 heavy (non-hydrogen) atoms. The Kier molecular flexibility index (Phi) is 8.03. The first-order valence-electron chi connectivity index (χ1n) is 3.73. The molecule has 47 valence electrons. The van der Waals surface area contributed by atoms with E-state index in [1.807, 2.05) is 0 Å². The maximum atomic E-state index is 2.28. The van der Waals surface area contributed by atoms with Crippen molar-refractivity contribution in [1.82, 2.24) is 0 Å². The minimum Gasteiger partial charge on any atom is -0.104 e. The molecule has 1 heteroatoms. The highest BCUT2D eigenvalue weighted by Crippen LogP contribution is 1.97. The average Bonchev–Trinajstić information content (AvgIpc) is 1.81. The molecule has 0 rings (SSSR count). The van der Waals surface area contributed by atoms with E-state index in [1.165, 1.54) is 29.8 Å². The predicted molar refractivity (Wildman–Crippen MR) is 40.6 cm³/mol. The lowest BCUT2D eigenvalue weighted by Crippen LogP contribution is -1.85. The topological polar surface area (TPSA) is 0 Å². The van der Waals surface area contributed by atoms with Crippen molar-refractivity contribution in [2.75, 3.05) is 0 Å². The molecule has 0 heterocycles. The van der Waals surface area contributed by atoms with Crippen molar-refractivity contribution >= 4 is 15.2 Å². The van der Waals surface area contributed by atoms with Gasteiger partial charge in [-0.05, 0) is 0 Å². The average molecular weight is 127 g/mol. The summed E-state index contributed by atoms with van der Waals surface area (Å²) in [5, 5.41) is 3.05. The zero-order valence-electron chi connectivity index (χ0n) is 6.11. The van der Waals surface area contributed by atoms with Crippen molar-refractivity contribution in [3.63, 3.8) is 0 Å². The van der Waals surface area contributed by atoms with E-state index in [-0.39, 0.29) is 0 Å². The summed E-state index contributed by atoms with van der Waals surface area (Å²) in [4.78, 5) is 0. The van der Waals surface area contributed by atoms with Gasteiger partial charge < -0.3 is 0 Å². The summed E-state index contributed by atoms with van der Waals surface area (Å²) in [6.07, 6.45) is 4.26. The van der Waals surface area contributed by atoms with E-state index >= 15 is 0 Å². The fourth-order valence-electron chi connectivity index (χ4n) is 0.697. The van der Waals surface area contributed by atoms with Crippen LogP contribution in [0.2, 0.25) is 10.6 Å². The Labute approximate surface area is 59.4 Å². The molecule has 0 saturated heterocycles. The largest absolute Gasteiger partial charge is 0.199 e. The van der Waals surface area contributed by atoms with Crippen molar-refractivity contribution in [2.24, 2.45) is 0 Å². The van der Waals surface area contributed by atoms with Gasteiger partial charge in [0.25, 0.3) is 0 Å². The lowest BCUT2D eigenvalue weighted by atomic mass is 10.4. The molecule has 1 radical (unpaired) electrons. The summed E-state index contributed by atoms with van der Waals surface area (Å²) in [6.45, 7) is 4.55. The number of hydrogen-bond acceptors (Lipinski definition) is 0. The van der Waals surface area contributed by atoms with Crippen molar-refractivity contribution in [2.45, 2.75) is 43.7 Å². The van der Waals surface area contributed by atoms with E-state index in [0.717, 1.165) is 15.2 Å². The first-order valence-corrected chi connectivity index (χ1v) is 5.36. The summed E-state index contributed by atoms with van der Waals surface area (Å²) in [6, 6.07) is 0. The molecule has 0 aromatic carbocycles. The lowest BCUT2D eigenvalue weighted by Gasteiger charge is -1.91. The van der Waals surface area contributed by atoms with Crippen LogP contribution >= 0.6 is 0 Å². The molecule has 0 saturated carbocycles. The Balaban J connectivity index is 2.53. The summed E-state index contributed by atoms with van der Waals surface area (Å²) >= 11 is 0.820. The van der Waals surface area contributed by atoms with Crippen LogP contribution in [0.5, 0.6) is 0 Å². The number of hydrogen-bond donors (Lipinski definition) is 0. The molecule has 0 nitrogen and oxygen atoms in total. The molecule has 0 aromatic rings. The molecule has 0 spiro atoms. The highest BCUT2D eigenvalue weighted by atomic mass is 27.1. The van der Waals surface area contributed by atoms with Crippen molar-refractivity contribution in [1.29, 1.82) is 0 Å². The quantitative estimate of drug-likeness (QED) is 0.393. The SMILES string of the molecule is CCC[CH2][Al][CH2]CC. The second-order valence-corrected chi connectivity index (χ2v) is 3.95. The lowest BCUT2D eigenvalue weighted by molar-refractivity contribution is 0.874. The van der Waals surface area contributed by atoms with E-state index in [1.54, 1.807) is 0 Å². The third-order valence-electron chi connectivity index (χ3n) is 1.25. The van der Waals surface area contributed by atoms with Crippen molar-refractivity contribution in [3.05, 3.63) is 0 Å². The Morgan fingerprint density at radius 3 is 2.25 bits per heavy atom. The fourth-order valence-corrected chi connectivity index (χ4v) is 2.09. The molecule has 0 aromatic heterocycles. The maximum Gasteiger partial charge on any atom is 0.199 e. The third kappa shape index (κ3) is 6.53. The van der Waals surface area contributed by atoms with Gasteiger partial charge in [0.15, 0.2) is 15.2 Å². The molecule has 0 aliphatic heterocycles. The first kappa shape index (κ1) is 8.53. The van der Waals surface area contributed by atoms with E-state index in [4.69, 9.17) is 0 Å². The zero-order valence-corrected chi connectivity index (χ0v) is 7.27. The molecular formula is C7H16Al. The van der Waals surface area contributed by atoms with Gasteiger partial charge in [0.05, 0.1) is 0 Å². The van der Waals surface area contributed by atoms with Gasteiger partial charge in [-0.2, -0.15) is 0 Å². The Hall–Kier alpha value is 0.532. The van der Waals surface area contributed by atoms with E-state index in [2.05, 4.69) is 13.8 Å². The second-order valence-electron chi connectivity index (χ2n) is 2.22. The van der Waals surface area contributed by atoms with Crippen LogP contribution < -0.4 is 0 Å². The molecule has 0 N–H and O–H groups in total. The fraction of sp³-hybridized carbons (Fsp3) is 1.00. The van der Waals surface area contributed by atoms with Crippen LogP contribution in [0.4, 0.5) is 0 Å². The molecule has 0 aliphatic rings. The maximum absolute atomic E-state index is 2.28. The second kappa shape index (κ2) is 7.53. The van der Waals surface area contributed by atoms with Crippen LogP contribution in [-0.4, -0.2) is 15.2 Å². The highest BCUT2D eigenvalue weighted by molar-refractivity contribution is 6.35. The van der Waals surface area contributed by atoms with Crippen molar-refractivity contribution in [3.8, 4) is 0 Å². The minimum atomic E-state index is 0.820. The van der Waals surface area contributed by atoms with Crippen molar-refractivity contribution < 1.29 is 0 Å². The molecule has 0 amide bonds. The Morgan fingerprint density at radius 1 is 1.00 bits per heavy atom. The summed E-state index contributed by atoms with van der Waals surface area (Å²) in [5.74, 6) is 0. The van der Waals surface area contributed by atoms with Crippen LogP contribution in [-0.2, 0) is 0 Å². The summed E-state index contributed by atoms with van der Waals surface area (Å²) in [5.41, 5.74) is 0. The van der Waals surface area contributed by atoms with Gasteiger partial charge in [0.2, 0.25) is 0 Å². The van der Waals surface area contributed by atoms with Crippen LogP contribution in [0.3, 0.4) is 0 Å². The van der Waals surface area contributed by atoms with Gasteiger partial charge in [-0.15, -0.1) is 10.6 Å².